The Morgan fingerprint density at radius 2 is 2.10 bits per heavy atom. The Balaban J connectivity index is 2.26. The fourth-order valence-electron chi connectivity index (χ4n) is 1.93. The first-order chi connectivity index (χ1) is 10.0. The van der Waals surface area contributed by atoms with Crippen molar-refractivity contribution in [1.29, 1.82) is 5.26 Å². The third kappa shape index (κ3) is 3.58. The Labute approximate surface area is 130 Å². The van der Waals surface area contributed by atoms with Crippen LogP contribution in [0.1, 0.15) is 24.1 Å². The molecule has 5 nitrogen and oxygen atoms in total. The van der Waals surface area contributed by atoms with Crippen LogP contribution in [0.3, 0.4) is 0 Å². The van der Waals surface area contributed by atoms with Gasteiger partial charge in [-0.3, -0.25) is 10.1 Å². The molecule has 6 heteroatoms. The van der Waals surface area contributed by atoms with Gasteiger partial charge in [-0.05, 0) is 46.6 Å². The Bertz CT molecular complexity index is 725. The zero-order valence-electron chi connectivity index (χ0n) is 11.2. The summed E-state index contributed by atoms with van der Waals surface area (Å²) in [5, 5.41) is 23.0. The van der Waals surface area contributed by atoms with Gasteiger partial charge in [0.05, 0.1) is 22.2 Å². The van der Waals surface area contributed by atoms with E-state index in [0.29, 0.717) is 11.3 Å². The molecule has 106 valence electrons. The molecule has 1 atom stereocenters. The van der Waals surface area contributed by atoms with Gasteiger partial charge in [0.25, 0.3) is 5.69 Å². The molecule has 1 N–H and O–H groups in total. The number of halogens is 1. The summed E-state index contributed by atoms with van der Waals surface area (Å²) in [6, 6.07) is 13.8. The molecule has 0 aliphatic heterocycles. The smallest absolute Gasteiger partial charge is 0.271 e. The summed E-state index contributed by atoms with van der Waals surface area (Å²) < 4.78 is 0.747. The van der Waals surface area contributed by atoms with E-state index in [2.05, 4.69) is 27.3 Å². The highest BCUT2D eigenvalue weighted by atomic mass is 79.9. The first kappa shape index (κ1) is 15.0. The van der Waals surface area contributed by atoms with Gasteiger partial charge in [-0.1, -0.05) is 12.1 Å². The molecule has 0 aliphatic rings. The van der Waals surface area contributed by atoms with Crippen molar-refractivity contribution in [3.8, 4) is 6.07 Å². The number of hydrogen-bond donors (Lipinski definition) is 1. The maximum atomic E-state index is 10.8. The van der Waals surface area contributed by atoms with Crippen LogP contribution in [0.4, 0.5) is 11.4 Å². The first-order valence-corrected chi connectivity index (χ1v) is 7.01. The molecule has 0 heterocycles. The van der Waals surface area contributed by atoms with Crippen LogP contribution in [0.15, 0.2) is 46.9 Å². The summed E-state index contributed by atoms with van der Waals surface area (Å²) in [6.07, 6.45) is 0. The summed E-state index contributed by atoms with van der Waals surface area (Å²) >= 11 is 3.37. The van der Waals surface area contributed by atoms with E-state index < -0.39 is 4.92 Å². The third-order valence-electron chi connectivity index (χ3n) is 3.05. The summed E-state index contributed by atoms with van der Waals surface area (Å²) in [7, 11) is 0. The Hall–Kier alpha value is -2.39. The second-order valence-electron chi connectivity index (χ2n) is 4.52. The maximum absolute atomic E-state index is 10.8. The van der Waals surface area contributed by atoms with Crippen molar-refractivity contribution >= 4 is 27.3 Å². The number of non-ortho nitro benzene ring substituents is 1. The molecule has 0 aromatic heterocycles. The van der Waals surface area contributed by atoms with Gasteiger partial charge in [0.1, 0.15) is 0 Å². The quantitative estimate of drug-likeness (QED) is 0.657. The fourth-order valence-corrected chi connectivity index (χ4v) is 2.29. The molecular formula is C15H12BrN3O2. The number of hydrogen-bond acceptors (Lipinski definition) is 4. The van der Waals surface area contributed by atoms with E-state index in [1.54, 1.807) is 18.2 Å². The van der Waals surface area contributed by atoms with Gasteiger partial charge in [0.15, 0.2) is 0 Å². The predicted octanol–water partition coefficient (Wildman–Crippen LogP) is 4.40. The Kier molecular flexibility index (Phi) is 4.55. The second-order valence-corrected chi connectivity index (χ2v) is 5.38. The number of nitrogens with one attached hydrogen (secondary N) is 1. The molecule has 0 spiro atoms. The van der Waals surface area contributed by atoms with Crippen molar-refractivity contribution in [2.75, 3.05) is 5.32 Å². The van der Waals surface area contributed by atoms with Crippen LogP contribution >= 0.6 is 15.9 Å². The lowest BCUT2D eigenvalue weighted by Gasteiger charge is -2.17. The molecule has 2 rings (SSSR count). The van der Waals surface area contributed by atoms with Crippen LogP contribution in [0.5, 0.6) is 0 Å². The second kappa shape index (κ2) is 6.37. The molecular weight excluding hydrogens is 334 g/mol. The van der Waals surface area contributed by atoms with Gasteiger partial charge in [0, 0.05) is 22.6 Å². The summed E-state index contributed by atoms with van der Waals surface area (Å²) in [4.78, 5) is 10.4. The number of nitro groups is 1. The molecule has 2 aromatic rings. The molecule has 0 amide bonds. The summed E-state index contributed by atoms with van der Waals surface area (Å²) in [6.45, 7) is 1.93. The highest BCUT2D eigenvalue weighted by molar-refractivity contribution is 9.10. The van der Waals surface area contributed by atoms with Gasteiger partial charge in [-0.15, -0.1) is 0 Å². The number of benzene rings is 2. The minimum Gasteiger partial charge on any atom is -0.377 e. The van der Waals surface area contributed by atoms with Crippen LogP contribution in [0.2, 0.25) is 0 Å². The fraction of sp³-hybridized carbons (Fsp3) is 0.133. The highest BCUT2D eigenvalue weighted by Gasteiger charge is 2.12. The van der Waals surface area contributed by atoms with Gasteiger partial charge in [-0.25, -0.2) is 0 Å². The molecule has 0 radical (unpaired) electrons. The van der Waals surface area contributed by atoms with Crippen molar-refractivity contribution < 1.29 is 4.92 Å². The predicted molar refractivity (Wildman–Crippen MR) is 84.0 cm³/mol. The monoisotopic (exact) mass is 345 g/mol. The van der Waals surface area contributed by atoms with E-state index in [1.165, 1.54) is 12.1 Å². The molecule has 0 aliphatic carbocycles. The van der Waals surface area contributed by atoms with Crippen molar-refractivity contribution in [2.24, 2.45) is 0 Å². The normalized spacial score (nSPS) is 11.5. The average molecular weight is 346 g/mol. The number of nitrogens with zero attached hydrogens (tertiary/aromatic N) is 2. The average Bonchev–Trinajstić information content (AvgIpc) is 2.49. The molecule has 1 unspecified atom stereocenters. The standard InChI is InChI=1S/C15H12BrN3O2/c1-10(12-4-2-3-11(7-12)9-17)18-15-8-13(19(20)21)5-6-14(15)16/h2-8,10,18H,1H3. The van der Waals surface area contributed by atoms with Crippen molar-refractivity contribution in [3.63, 3.8) is 0 Å². The molecule has 0 saturated heterocycles. The zero-order chi connectivity index (χ0) is 15.4. The topological polar surface area (TPSA) is 79.0 Å². The summed E-state index contributed by atoms with van der Waals surface area (Å²) in [5.41, 5.74) is 2.18. The molecule has 2 aromatic carbocycles. The van der Waals surface area contributed by atoms with Crippen molar-refractivity contribution in [3.05, 3.63) is 68.2 Å². The lowest BCUT2D eigenvalue weighted by atomic mass is 10.1. The number of anilines is 1. The van der Waals surface area contributed by atoms with Crippen LogP contribution < -0.4 is 5.32 Å². The molecule has 0 fully saturated rings. The Morgan fingerprint density at radius 1 is 1.33 bits per heavy atom. The lowest BCUT2D eigenvalue weighted by Crippen LogP contribution is -2.07. The maximum Gasteiger partial charge on any atom is 0.271 e. The third-order valence-corrected chi connectivity index (χ3v) is 3.74. The van der Waals surface area contributed by atoms with Crippen LogP contribution in [0, 0.1) is 21.4 Å². The molecule has 0 bridgehead atoms. The highest BCUT2D eigenvalue weighted by Crippen LogP contribution is 2.30. The number of nitro benzene ring substituents is 1. The van der Waals surface area contributed by atoms with Crippen LogP contribution in [-0.2, 0) is 0 Å². The van der Waals surface area contributed by atoms with Gasteiger partial charge in [0.2, 0.25) is 0 Å². The van der Waals surface area contributed by atoms with Crippen molar-refractivity contribution in [2.45, 2.75) is 13.0 Å². The van der Waals surface area contributed by atoms with E-state index >= 15 is 0 Å². The van der Waals surface area contributed by atoms with E-state index in [1.807, 2.05) is 19.1 Å². The van der Waals surface area contributed by atoms with Crippen LogP contribution in [-0.4, -0.2) is 4.92 Å². The SMILES string of the molecule is CC(Nc1cc([N+](=O)[O-])ccc1Br)c1cccc(C#N)c1. The van der Waals surface area contributed by atoms with Gasteiger partial charge in [-0.2, -0.15) is 5.26 Å². The van der Waals surface area contributed by atoms with E-state index in [-0.39, 0.29) is 11.7 Å². The van der Waals surface area contributed by atoms with Crippen LogP contribution in [0.25, 0.3) is 0 Å². The lowest BCUT2D eigenvalue weighted by molar-refractivity contribution is -0.384. The summed E-state index contributed by atoms with van der Waals surface area (Å²) in [5.74, 6) is 0. The minimum absolute atomic E-state index is 0.0266. The van der Waals surface area contributed by atoms with E-state index in [4.69, 9.17) is 5.26 Å². The van der Waals surface area contributed by atoms with E-state index in [9.17, 15) is 10.1 Å². The number of rotatable bonds is 4. The molecule has 0 saturated carbocycles. The Morgan fingerprint density at radius 3 is 2.76 bits per heavy atom. The van der Waals surface area contributed by atoms with Gasteiger partial charge < -0.3 is 5.32 Å². The number of nitriles is 1. The largest absolute Gasteiger partial charge is 0.377 e. The molecule has 21 heavy (non-hydrogen) atoms. The first-order valence-electron chi connectivity index (χ1n) is 6.22. The van der Waals surface area contributed by atoms with E-state index in [0.717, 1.165) is 10.0 Å². The minimum atomic E-state index is -0.432. The van der Waals surface area contributed by atoms with Gasteiger partial charge >= 0.3 is 0 Å². The van der Waals surface area contributed by atoms with Crippen molar-refractivity contribution in [1.82, 2.24) is 0 Å². The zero-order valence-corrected chi connectivity index (χ0v) is 12.8.